The number of benzene rings is 2. The van der Waals surface area contributed by atoms with Crippen LogP contribution in [-0.2, 0) is 6.54 Å². The number of aliphatic hydroxyl groups excluding tert-OH is 1. The number of para-hydroxylation sites is 1. The zero-order chi connectivity index (χ0) is 26.5. The van der Waals surface area contributed by atoms with Crippen molar-refractivity contribution in [2.75, 3.05) is 33.9 Å². The smallest absolute Gasteiger partial charge is 0.259 e. The van der Waals surface area contributed by atoms with Crippen molar-refractivity contribution in [2.24, 2.45) is 5.92 Å². The molecule has 0 bridgehead atoms. The minimum atomic E-state index is -0.367. The molecule has 0 radical (unpaired) electrons. The summed E-state index contributed by atoms with van der Waals surface area (Å²) in [6, 6.07) is 15.4. The van der Waals surface area contributed by atoms with Crippen LogP contribution >= 0.6 is 0 Å². The number of hydrogen-bond acceptors (Lipinski definition) is 6. The second kappa shape index (κ2) is 11.7. The van der Waals surface area contributed by atoms with Crippen molar-refractivity contribution < 1.29 is 23.8 Å². The predicted molar refractivity (Wildman–Crippen MR) is 140 cm³/mol. The highest BCUT2D eigenvalue weighted by Gasteiger charge is 2.34. The summed E-state index contributed by atoms with van der Waals surface area (Å²) in [5, 5.41) is 9.90. The maximum absolute atomic E-state index is 13.7. The number of carbonyl (C=O) groups is 1. The summed E-state index contributed by atoms with van der Waals surface area (Å²) in [5.41, 5.74) is 2.90. The molecule has 1 aliphatic heterocycles. The number of ether oxygens (including phenoxy) is 2. The molecular weight excluding hydrogens is 473 g/mol. The first kappa shape index (κ1) is 26.6. The fourth-order valence-corrected chi connectivity index (χ4v) is 4.62. The Bertz CT molecular complexity index is 1220. The van der Waals surface area contributed by atoms with Crippen LogP contribution in [0.5, 0.6) is 11.6 Å². The maximum atomic E-state index is 13.7. The summed E-state index contributed by atoms with van der Waals surface area (Å²) in [6.07, 6.45) is 1.42. The van der Waals surface area contributed by atoms with Gasteiger partial charge in [-0.1, -0.05) is 37.3 Å². The third-order valence-electron chi connectivity index (χ3n) is 6.80. The number of methoxy groups -OCH3 is 1. The standard InChI is InChI=1S/C29H34FN3O4/c1-19-15-33(20(2)18-34)29(35)25-13-22(24-7-5-6-8-26(24)36-4)14-31-28(25)37-27(19)17-32(3)16-21-9-11-23(30)12-10-21/h5-14,19-20,27,34H,15-18H2,1-4H3/t19-,20-,27+/m0/s1. The quantitative estimate of drug-likeness (QED) is 0.492. The van der Waals surface area contributed by atoms with Crippen molar-refractivity contribution in [1.29, 1.82) is 0 Å². The van der Waals surface area contributed by atoms with E-state index in [-0.39, 0.29) is 42.3 Å². The molecule has 0 unspecified atom stereocenters. The second-order valence-electron chi connectivity index (χ2n) is 9.72. The first-order valence-corrected chi connectivity index (χ1v) is 12.5. The number of aromatic nitrogens is 1. The molecule has 2 aromatic carbocycles. The molecule has 196 valence electrons. The van der Waals surface area contributed by atoms with Gasteiger partial charge in [0.05, 0.1) is 19.8 Å². The lowest BCUT2D eigenvalue weighted by Gasteiger charge is -2.37. The van der Waals surface area contributed by atoms with Crippen LogP contribution in [0.1, 0.15) is 29.8 Å². The molecule has 0 saturated heterocycles. The van der Waals surface area contributed by atoms with E-state index in [1.807, 2.05) is 45.2 Å². The average Bonchev–Trinajstić information content (AvgIpc) is 2.91. The molecule has 8 heteroatoms. The summed E-state index contributed by atoms with van der Waals surface area (Å²) in [7, 11) is 3.59. The zero-order valence-corrected chi connectivity index (χ0v) is 21.7. The van der Waals surface area contributed by atoms with Crippen LogP contribution < -0.4 is 9.47 Å². The lowest BCUT2D eigenvalue weighted by Crippen LogP contribution is -2.49. The van der Waals surface area contributed by atoms with Gasteiger partial charge in [0.15, 0.2) is 0 Å². The maximum Gasteiger partial charge on any atom is 0.259 e. The summed E-state index contributed by atoms with van der Waals surface area (Å²) in [4.78, 5) is 22.1. The molecule has 1 aliphatic rings. The number of fused-ring (bicyclic) bond motifs is 1. The Morgan fingerprint density at radius 3 is 2.65 bits per heavy atom. The average molecular weight is 508 g/mol. The Balaban J connectivity index is 1.67. The second-order valence-corrected chi connectivity index (χ2v) is 9.72. The van der Waals surface area contributed by atoms with Gasteiger partial charge in [-0.05, 0) is 43.8 Å². The number of nitrogens with zero attached hydrogens (tertiary/aromatic N) is 3. The first-order chi connectivity index (χ1) is 17.8. The predicted octanol–water partition coefficient (Wildman–Crippen LogP) is 4.25. The van der Waals surface area contributed by atoms with Gasteiger partial charge in [0.25, 0.3) is 5.91 Å². The van der Waals surface area contributed by atoms with Gasteiger partial charge in [0.1, 0.15) is 23.2 Å². The minimum Gasteiger partial charge on any atom is -0.496 e. The van der Waals surface area contributed by atoms with Crippen molar-refractivity contribution >= 4 is 5.91 Å². The van der Waals surface area contributed by atoms with Crippen LogP contribution in [0.25, 0.3) is 11.1 Å². The van der Waals surface area contributed by atoms with Crippen molar-refractivity contribution in [1.82, 2.24) is 14.8 Å². The van der Waals surface area contributed by atoms with Gasteiger partial charge in [0, 0.05) is 42.9 Å². The third-order valence-corrected chi connectivity index (χ3v) is 6.80. The lowest BCUT2D eigenvalue weighted by molar-refractivity contribution is 0.0325. The molecular formula is C29H34FN3O4. The van der Waals surface area contributed by atoms with E-state index in [9.17, 15) is 14.3 Å². The number of rotatable bonds is 8. The van der Waals surface area contributed by atoms with E-state index in [1.165, 1.54) is 12.1 Å². The van der Waals surface area contributed by atoms with E-state index in [1.54, 1.807) is 36.4 Å². The largest absolute Gasteiger partial charge is 0.496 e. The summed E-state index contributed by atoms with van der Waals surface area (Å²) >= 11 is 0. The highest BCUT2D eigenvalue weighted by molar-refractivity contribution is 5.98. The Morgan fingerprint density at radius 1 is 1.22 bits per heavy atom. The summed E-state index contributed by atoms with van der Waals surface area (Å²) in [5.74, 6) is 0.424. The molecule has 1 aromatic heterocycles. The zero-order valence-electron chi connectivity index (χ0n) is 21.7. The van der Waals surface area contributed by atoms with Crippen LogP contribution in [0, 0.1) is 11.7 Å². The molecule has 3 aromatic rings. The Labute approximate surface area is 217 Å². The number of pyridine rings is 1. The van der Waals surface area contributed by atoms with E-state index >= 15 is 0 Å². The van der Waals surface area contributed by atoms with Gasteiger partial charge in [-0.15, -0.1) is 0 Å². The fraction of sp³-hybridized carbons (Fsp3) is 0.379. The third kappa shape index (κ3) is 6.09. The van der Waals surface area contributed by atoms with E-state index in [0.29, 0.717) is 30.9 Å². The minimum absolute atomic E-state index is 0.0301. The van der Waals surface area contributed by atoms with Crippen LogP contribution in [0.15, 0.2) is 60.8 Å². The van der Waals surface area contributed by atoms with Gasteiger partial charge in [-0.3, -0.25) is 9.69 Å². The molecule has 3 atom stereocenters. The number of amides is 1. The van der Waals surface area contributed by atoms with E-state index in [2.05, 4.69) is 9.88 Å². The number of carbonyl (C=O) groups excluding carboxylic acids is 1. The van der Waals surface area contributed by atoms with Crippen molar-refractivity contribution in [3.63, 3.8) is 0 Å². The van der Waals surface area contributed by atoms with Gasteiger partial charge < -0.3 is 19.5 Å². The van der Waals surface area contributed by atoms with Gasteiger partial charge >= 0.3 is 0 Å². The van der Waals surface area contributed by atoms with Crippen molar-refractivity contribution in [2.45, 2.75) is 32.5 Å². The lowest BCUT2D eigenvalue weighted by atomic mass is 9.99. The Morgan fingerprint density at radius 2 is 1.95 bits per heavy atom. The number of aliphatic hydroxyl groups is 1. The normalized spacial score (nSPS) is 18.6. The number of hydrogen-bond donors (Lipinski definition) is 1. The fourth-order valence-electron chi connectivity index (χ4n) is 4.62. The Kier molecular flexibility index (Phi) is 8.41. The highest BCUT2D eigenvalue weighted by Crippen LogP contribution is 2.34. The van der Waals surface area contributed by atoms with Crippen molar-refractivity contribution in [3.05, 3.63) is 77.7 Å². The van der Waals surface area contributed by atoms with Crippen LogP contribution in [-0.4, -0.2) is 71.8 Å². The van der Waals surface area contributed by atoms with Gasteiger partial charge in [0.2, 0.25) is 5.88 Å². The molecule has 1 amide bonds. The monoisotopic (exact) mass is 507 g/mol. The molecule has 0 saturated carbocycles. The van der Waals surface area contributed by atoms with Crippen LogP contribution in [0.2, 0.25) is 0 Å². The molecule has 1 N–H and O–H groups in total. The molecule has 0 aliphatic carbocycles. The topological polar surface area (TPSA) is 75.1 Å². The molecule has 2 heterocycles. The number of likely N-dealkylation sites (N-methyl/N-ethyl adjacent to an activating group) is 1. The van der Waals surface area contributed by atoms with Crippen LogP contribution in [0.3, 0.4) is 0 Å². The first-order valence-electron chi connectivity index (χ1n) is 12.5. The molecule has 0 spiro atoms. The number of halogens is 1. The SMILES string of the molecule is COc1ccccc1-c1cnc2c(c1)C(=O)N([C@@H](C)CO)C[C@H](C)[C@@H](CN(C)Cc1ccc(F)cc1)O2. The van der Waals surface area contributed by atoms with E-state index in [0.717, 1.165) is 16.7 Å². The van der Waals surface area contributed by atoms with Crippen LogP contribution in [0.4, 0.5) is 4.39 Å². The molecule has 37 heavy (non-hydrogen) atoms. The molecule has 4 rings (SSSR count). The summed E-state index contributed by atoms with van der Waals surface area (Å²) < 4.78 is 25.2. The molecule has 7 nitrogen and oxygen atoms in total. The van der Waals surface area contributed by atoms with Gasteiger partial charge in [-0.2, -0.15) is 0 Å². The summed E-state index contributed by atoms with van der Waals surface area (Å²) in [6.45, 7) is 5.34. The van der Waals surface area contributed by atoms with E-state index < -0.39 is 0 Å². The van der Waals surface area contributed by atoms with Gasteiger partial charge in [-0.25, -0.2) is 9.37 Å². The Hall–Kier alpha value is -3.49. The van der Waals surface area contributed by atoms with E-state index in [4.69, 9.17) is 9.47 Å². The molecule has 0 fully saturated rings. The van der Waals surface area contributed by atoms with Crippen molar-refractivity contribution in [3.8, 4) is 22.8 Å². The highest BCUT2D eigenvalue weighted by atomic mass is 19.1.